The Morgan fingerprint density at radius 3 is 1.00 bits per heavy atom. The Bertz CT molecular complexity index is 1250. The summed E-state index contributed by atoms with van der Waals surface area (Å²) < 4.78 is 16.8. The Hall–Kier alpha value is -3.41. The van der Waals surface area contributed by atoms with E-state index < -0.39 is 6.10 Å². The predicted octanol–water partition coefficient (Wildman–Crippen LogP) is 17.6. The molecule has 0 saturated carbocycles. The van der Waals surface area contributed by atoms with Gasteiger partial charge in [-0.15, -0.1) is 0 Å². The average molecular weight is 891 g/mol. The number of ether oxygens (including phenoxy) is 3. The quantitative estimate of drug-likeness (QED) is 0.0262. The molecule has 0 aliphatic rings. The van der Waals surface area contributed by atoms with Gasteiger partial charge in [0.15, 0.2) is 6.10 Å². The van der Waals surface area contributed by atoms with E-state index in [0.29, 0.717) is 19.3 Å². The molecule has 0 aromatic heterocycles. The van der Waals surface area contributed by atoms with Gasteiger partial charge in [0.2, 0.25) is 0 Å². The van der Waals surface area contributed by atoms with Crippen LogP contribution in [0.15, 0.2) is 85.1 Å². The fourth-order valence-corrected chi connectivity index (χ4v) is 7.15. The van der Waals surface area contributed by atoms with Crippen LogP contribution in [0.5, 0.6) is 0 Å². The predicted molar refractivity (Wildman–Crippen MR) is 274 cm³/mol. The summed E-state index contributed by atoms with van der Waals surface area (Å²) in [6.07, 6.45) is 67.1. The molecule has 0 aliphatic heterocycles. The Balaban J connectivity index is 4.42. The van der Waals surface area contributed by atoms with Crippen molar-refractivity contribution in [2.24, 2.45) is 0 Å². The van der Waals surface area contributed by atoms with Gasteiger partial charge < -0.3 is 14.2 Å². The highest BCUT2D eigenvalue weighted by atomic mass is 16.6. The maximum atomic E-state index is 12.8. The first kappa shape index (κ1) is 60.6. The minimum atomic E-state index is -0.792. The van der Waals surface area contributed by atoms with E-state index >= 15 is 0 Å². The van der Waals surface area contributed by atoms with Crippen molar-refractivity contribution in [3.63, 3.8) is 0 Å². The van der Waals surface area contributed by atoms with Crippen LogP contribution in [-0.2, 0) is 28.6 Å². The molecule has 366 valence electrons. The molecule has 0 saturated heterocycles. The van der Waals surface area contributed by atoms with E-state index in [2.05, 4.69) is 106 Å². The molecule has 64 heavy (non-hydrogen) atoms. The minimum absolute atomic E-state index is 0.0895. The zero-order valence-electron chi connectivity index (χ0n) is 41.8. The van der Waals surface area contributed by atoms with Crippen molar-refractivity contribution in [3.8, 4) is 0 Å². The van der Waals surface area contributed by atoms with Crippen LogP contribution in [-0.4, -0.2) is 37.2 Å². The molecule has 0 aliphatic carbocycles. The zero-order chi connectivity index (χ0) is 46.5. The van der Waals surface area contributed by atoms with Gasteiger partial charge in [-0.2, -0.15) is 0 Å². The molecule has 0 radical (unpaired) electrons. The Kier molecular flexibility index (Phi) is 49.4. The summed E-state index contributed by atoms with van der Waals surface area (Å²) in [6.45, 7) is 6.45. The maximum absolute atomic E-state index is 12.8. The van der Waals surface area contributed by atoms with Gasteiger partial charge >= 0.3 is 17.9 Å². The van der Waals surface area contributed by atoms with Crippen molar-refractivity contribution >= 4 is 17.9 Å². The van der Waals surface area contributed by atoms with Gasteiger partial charge in [0.05, 0.1) is 0 Å². The van der Waals surface area contributed by atoms with E-state index in [0.717, 1.165) is 109 Å². The lowest BCUT2D eigenvalue weighted by Gasteiger charge is -2.18. The van der Waals surface area contributed by atoms with Gasteiger partial charge in [-0.3, -0.25) is 14.4 Å². The highest BCUT2D eigenvalue weighted by molar-refractivity contribution is 5.71. The third kappa shape index (κ3) is 49.6. The second-order valence-corrected chi connectivity index (χ2v) is 17.4. The molecule has 0 amide bonds. The van der Waals surface area contributed by atoms with Crippen LogP contribution in [0.3, 0.4) is 0 Å². The van der Waals surface area contributed by atoms with Crippen LogP contribution < -0.4 is 0 Å². The number of hydrogen-bond donors (Lipinski definition) is 0. The number of carbonyl (C=O) groups excluding carboxylic acids is 3. The van der Waals surface area contributed by atoms with Crippen molar-refractivity contribution in [3.05, 3.63) is 85.1 Å². The van der Waals surface area contributed by atoms with Crippen molar-refractivity contribution in [2.75, 3.05) is 13.2 Å². The summed E-state index contributed by atoms with van der Waals surface area (Å²) in [7, 11) is 0. The zero-order valence-corrected chi connectivity index (χ0v) is 41.8. The molecule has 0 aromatic rings. The lowest BCUT2D eigenvalue weighted by Crippen LogP contribution is -2.30. The standard InChI is InChI=1S/C58H98O6/c1-4-7-10-13-16-19-22-24-26-28-29-31-32-34-36-39-42-45-48-51-57(60)63-54-55(53-62-56(59)50-47-44-41-38-21-18-15-12-9-6-3)64-58(61)52-49-46-43-40-37-35-33-30-27-25-23-20-17-14-11-8-5-2/h7,10,16-17,19-20,24-27,29,31,34,36,55H,4-6,8-9,11-15,18,21-23,28,30,32-33,35,37-54H2,1-3H3/b10-7-,19-16-,20-17-,26-24-,27-25-,31-29-,36-34-/t55-/m1/s1. The summed E-state index contributed by atoms with van der Waals surface area (Å²) in [4.78, 5) is 38.0. The lowest BCUT2D eigenvalue weighted by atomic mass is 10.1. The maximum Gasteiger partial charge on any atom is 0.306 e. The van der Waals surface area contributed by atoms with Crippen LogP contribution in [0.4, 0.5) is 0 Å². The largest absolute Gasteiger partial charge is 0.462 e. The van der Waals surface area contributed by atoms with Crippen molar-refractivity contribution in [1.29, 1.82) is 0 Å². The van der Waals surface area contributed by atoms with Crippen molar-refractivity contribution < 1.29 is 28.6 Å². The Morgan fingerprint density at radius 2 is 0.609 bits per heavy atom. The summed E-state index contributed by atoms with van der Waals surface area (Å²) in [5.74, 6) is -0.931. The smallest absolute Gasteiger partial charge is 0.306 e. The molecule has 0 spiro atoms. The molecular weight excluding hydrogens is 793 g/mol. The van der Waals surface area contributed by atoms with Crippen LogP contribution in [0.1, 0.15) is 245 Å². The average Bonchev–Trinajstić information content (AvgIpc) is 3.29. The molecule has 6 nitrogen and oxygen atoms in total. The minimum Gasteiger partial charge on any atom is -0.462 e. The number of carbonyl (C=O) groups is 3. The molecule has 6 heteroatoms. The van der Waals surface area contributed by atoms with Gasteiger partial charge in [-0.05, 0) is 96.3 Å². The monoisotopic (exact) mass is 891 g/mol. The molecule has 0 bridgehead atoms. The van der Waals surface area contributed by atoms with Gasteiger partial charge in [-0.25, -0.2) is 0 Å². The van der Waals surface area contributed by atoms with Gasteiger partial charge in [-0.1, -0.05) is 215 Å². The van der Waals surface area contributed by atoms with Crippen LogP contribution in [0, 0.1) is 0 Å². The molecule has 0 heterocycles. The van der Waals surface area contributed by atoms with E-state index in [-0.39, 0.29) is 31.1 Å². The van der Waals surface area contributed by atoms with E-state index in [1.807, 2.05) is 0 Å². The summed E-state index contributed by atoms with van der Waals surface area (Å²) in [5, 5.41) is 0. The van der Waals surface area contributed by atoms with E-state index in [1.165, 1.54) is 96.3 Å². The van der Waals surface area contributed by atoms with Crippen LogP contribution in [0.25, 0.3) is 0 Å². The molecule has 0 fully saturated rings. The second-order valence-electron chi connectivity index (χ2n) is 17.4. The summed E-state index contributed by atoms with van der Waals surface area (Å²) in [6, 6.07) is 0. The SMILES string of the molecule is CC/C=C\C/C=C\C/C=C\C/C=C\C/C=C\CCCCCC(=O)OC[C@@H](COC(=O)CCCCCCCCCCCC)OC(=O)CCCCCCCCC/C=C\C/C=C\CCCCC. The first-order chi connectivity index (χ1) is 31.5. The van der Waals surface area contributed by atoms with Crippen molar-refractivity contribution in [1.82, 2.24) is 0 Å². The highest BCUT2D eigenvalue weighted by Crippen LogP contribution is 2.14. The Labute approximate surface area is 395 Å². The van der Waals surface area contributed by atoms with E-state index in [9.17, 15) is 14.4 Å². The molecular formula is C58H98O6. The Morgan fingerprint density at radius 1 is 0.328 bits per heavy atom. The van der Waals surface area contributed by atoms with Gasteiger partial charge in [0.25, 0.3) is 0 Å². The van der Waals surface area contributed by atoms with Crippen molar-refractivity contribution in [2.45, 2.75) is 252 Å². The molecule has 1 atom stereocenters. The van der Waals surface area contributed by atoms with Gasteiger partial charge in [0, 0.05) is 19.3 Å². The number of esters is 3. The third-order valence-electron chi connectivity index (χ3n) is 11.1. The molecule has 0 N–H and O–H groups in total. The summed E-state index contributed by atoms with van der Waals surface area (Å²) in [5.41, 5.74) is 0. The summed E-state index contributed by atoms with van der Waals surface area (Å²) >= 11 is 0. The third-order valence-corrected chi connectivity index (χ3v) is 11.1. The first-order valence-corrected chi connectivity index (χ1v) is 26.6. The van der Waals surface area contributed by atoms with Crippen LogP contribution >= 0.6 is 0 Å². The second kappa shape index (κ2) is 52.2. The van der Waals surface area contributed by atoms with E-state index in [1.54, 1.807) is 0 Å². The number of unbranched alkanes of at least 4 members (excludes halogenated alkanes) is 22. The van der Waals surface area contributed by atoms with E-state index in [4.69, 9.17) is 14.2 Å². The van der Waals surface area contributed by atoms with Crippen LogP contribution in [0.2, 0.25) is 0 Å². The molecule has 0 unspecified atom stereocenters. The number of rotatable bonds is 47. The first-order valence-electron chi connectivity index (χ1n) is 26.6. The topological polar surface area (TPSA) is 78.9 Å². The number of allylic oxidation sites excluding steroid dienone is 14. The molecule has 0 rings (SSSR count). The molecule has 0 aromatic carbocycles. The normalized spacial score (nSPS) is 12.7. The number of hydrogen-bond acceptors (Lipinski definition) is 6. The lowest BCUT2D eigenvalue weighted by molar-refractivity contribution is -0.167. The van der Waals surface area contributed by atoms with Gasteiger partial charge in [0.1, 0.15) is 13.2 Å². The highest BCUT2D eigenvalue weighted by Gasteiger charge is 2.19. The fourth-order valence-electron chi connectivity index (χ4n) is 7.15. The fraction of sp³-hybridized carbons (Fsp3) is 0.707.